The Hall–Kier alpha value is -1.28. The van der Waals surface area contributed by atoms with E-state index in [4.69, 9.17) is 11.0 Å². The van der Waals surface area contributed by atoms with Crippen LogP contribution in [0.1, 0.15) is 33.1 Å². The molecule has 0 unspecified atom stereocenters. The normalized spacial score (nSPS) is 10.8. The first-order chi connectivity index (χ1) is 7.48. The first-order valence-corrected chi connectivity index (χ1v) is 5.52. The number of hydrogen-bond donors (Lipinski definition) is 2. The Morgan fingerprint density at radius 2 is 2.12 bits per heavy atom. The van der Waals surface area contributed by atoms with Crippen LogP contribution in [0.25, 0.3) is 0 Å². The third-order valence-corrected chi connectivity index (χ3v) is 2.23. The van der Waals surface area contributed by atoms with Crippen molar-refractivity contribution >= 4 is 6.09 Å². The SMILES string of the molecule is CC(C)(C#N)CCCCNCCOC(N)=O. The Kier molecular flexibility index (Phi) is 7.31. The molecule has 5 nitrogen and oxygen atoms in total. The third kappa shape index (κ3) is 9.28. The molecule has 3 N–H and O–H groups in total. The summed E-state index contributed by atoms with van der Waals surface area (Å²) in [7, 11) is 0. The Labute approximate surface area is 96.9 Å². The van der Waals surface area contributed by atoms with E-state index in [1.54, 1.807) is 0 Å². The molecule has 0 atom stereocenters. The highest BCUT2D eigenvalue weighted by molar-refractivity contribution is 5.64. The predicted octanol–water partition coefficient (Wildman–Crippen LogP) is 1.39. The minimum absolute atomic E-state index is 0.227. The van der Waals surface area contributed by atoms with Gasteiger partial charge >= 0.3 is 6.09 Å². The topological polar surface area (TPSA) is 88.1 Å². The van der Waals surface area contributed by atoms with Crippen LogP contribution < -0.4 is 11.1 Å². The van der Waals surface area contributed by atoms with Crippen molar-refractivity contribution in [1.82, 2.24) is 5.32 Å². The fourth-order valence-corrected chi connectivity index (χ4v) is 1.22. The highest BCUT2D eigenvalue weighted by Gasteiger charge is 2.14. The Morgan fingerprint density at radius 1 is 1.44 bits per heavy atom. The standard InChI is InChI=1S/C11H21N3O2/c1-11(2,9-12)5-3-4-6-14-7-8-16-10(13)15/h14H,3-8H2,1-2H3,(H2,13,15). The minimum atomic E-state index is -0.738. The average molecular weight is 227 g/mol. The van der Waals surface area contributed by atoms with Gasteiger partial charge in [0.25, 0.3) is 0 Å². The number of rotatable bonds is 8. The zero-order chi connectivity index (χ0) is 12.4. The molecule has 0 spiro atoms. The lowest BCUT2D eigenvalue weighted by atomic mass is 9.89. The zero-order valence-corrected chi connectivity index (χ0v) is 10.1. The fraction of sp³-hybridized carbons (Fsp3) is 0.818. The number of nitrogens with one attached hydrogen (secondary N) is 1. The summed E-state index contributed by atoms with van der Waals surface area (Å²) >= 11 is 0. The third-order valence-electron chi connectivity index (χ3n) is 2.23. The van der Waals surface area contributed by atoms with Crippen LogP contribution in [0.2, 0.25) is 0 Å². The molecule has 5 heteroatoms. The van der Waals surface area contributed by atoms with Gasteiger partial charge in [0, 0.05) is 6.54 Å². The molecule has 0 saturated carbocycles. The van der Waals surface area contributed by atoms with Crippen LogP contribution in [-0.4, -0.2) is 25.8 Å². The molecule has 0 bridgehead atoms. The Bertz CT molecular complexity index is 246. The summed E-state index contributed by atoms with van der Waals surface area (Å²) in [5.74, 6) is 0. The number of nitrogens with zero attached hydrogens (tertiary/aromatic N) is 1. The molecule has 0 aliphatic rings. The van der Waals surface area contributed by atoms with Gasteiger partial charge in [0.1, 0.15) is 6.61 Å². The molecule has 0 radical (unpaired) electrons. The molecular weight excluding hydrogens is 206 g/mol. The second kappa shape index (κ2) is 7.94. The van der Waals surface area contributed by atoms with E-state index in [0.29, 0.717) is 13.2 Å². The number of nitrogens with two attached hydrogens (primary N) is 1. The summed E-state index contributed by atoms with van der Waals surface area (Å²) in [6.45, 7) is 5.68. The number of primary amides is 1. The second-order valence-electron chi connectivity index (χ2n) is 4.37. The summed E-state index contributed by atoms with van der Waals surface area (Å²) in [5.41, 5.74) is 4.57. The molecule has 0 saturated heterocycles. The van der Waals surface area contributed by atoms with Crippen molar-refractivity contribution in [2.75, 3.05) is 19.7 Å². The van der Waals surface area contributed by atoms with E-state index < -0.39 is 6.09 Å². The number of carbonyl (C=O) groups excluding carboxylic acids is 1. The van der Waals surface area contributed by atoms with Gasteiger partial charge in [-0.25, -0.2) is 4.79 Å². The van der Waals surface area contributed by atoms with E-state index in [-0.39, 0.29) is 5.41 Å². The maximum absolute atomic E-state index is 10.2. The van der Waals surface area contributed by atoms with E-state index in [1.807, 2.05) is 13.8 Å². The molecule has 92 valence electrons. The van der Waals surface area contributed by atoms with Gasteiger partial charge in [-0.1, -0.05) is 6.42 Å². The van der Waals surface area contributed by atoms with Gasteiger partial charge in [-0.3, -0.25) is 0 Å². The van der Waals surface area contributed by atoms with Gasteiger partial charge in [-0.2, -0.15) is 5.26 Å². The first kappa shape index (κ1) is 14.7. The van der Waals surface area contributed by atoms with Crippen LogP contribution >= 0.6 is 0 Å². The van der Waals surface area contributed by atoms with Crippen LogP contribution in [0.3, 0.4) is 0 Å². The van der Waals surface area contributed by atoms with Gasteiger partial charge in [-0.15, -0.1) is 0 Å². The first-order valence-electron chi connectivity index (χ1n) is 5.52. The van der Waals surface area contributed by atoms with Gasteiger partial charge in [0.15, 0.2) is 0 Å². The molecular formula is C11H21N3O2. The van der Waals surface area contributed by atoms with Crippen LogP contribution in [-0.2, 0) is 4.74 Å². The molecule has 0 rings (SSSR count). The van der Waals surface area contributed by atoms with E-state index in [1.165, 1.54) is 0 Å². The van der Waals surface area contributed by atoms with Crippen LogP contribution in [0.15, 0.2) is 0 Å². The largest absolute Gasteiger partial charge is 0.448 e. The van der Waals surface area contributed by atoms with Gasteiger partial charge in [0.2, 0.25) is 0 Å². The second-order valence-corrected chi connectivity index (χ2v) is 4.37. The summed E-state index contributed by atoms with van der Waals surface area (Å²) in [6, 6.07) is 2.27. The van der Waals surface area contributed by atoms with E-state index >= 15 is 0 Å². The molecule has 16 heavy (non-hydrogen) atoms. The summed E-state index contributed by atoms with van der Waals surface area (Å²) in [4.78, 5) is 10.2. The van der Waals surface area contributed by atoms with Gasteiger partial charge in [-0.05, 0) is 33.2 Å². The van der Waals surface area contributed by atoms with Crippen LogP contribution in [0.5, 0.6) is 0 Å². The molecule has 0 heterocycles. The van der Waals surface area contributed by atoms with Crippen molar-refractivity contribution in [2.45, 2.75) is 33.1 Å². The lowest BCUT2D eigenvalue weighted by Crippen LogP contribution is -2.24. The number of ether oxygens (including phenoxy) is 1. The molecule has 0 aliphatic heterocycles. The van der Waals surface area contributed by atoms with E-state index in [9.17, 15) is 4.79 Å². The molecule has 0 aliphatic carbocycles. The predicted molar refractivity (Wildman–Crippen MR) is 61.7 cm³/mol. The lowest BCUT2D eigenvalue weighted by Gasteiger charge is -2.14. The molecule has 1 amide bonds. The van der Waals surface area contributed by atoms with Crippen molar-refractivity contribution < 1.29 is 9.53 Å². The summed E-state index contributed by atoms with van der Waals surface area (Å²) in [6.07, 6.45) is 2.20. The van der Waals surface area contributed by atoms with Crippen molar-refractivity contribution in [2.24, 2.45) is 11.1 Å². The van der Waals surface area contributed by atoms with Crippen LogP contribution in [0, 0.1) is 16.7 Å². The lowest BCUT2D eigenvalue weighted by molar-refractivity contribution is 0.157. The van der Waals surface area contributed by atoms with E-state index in [2.05, 4.69) is 16.1 Å². The number of hydrogen-bond acceptors (Lipinski definition) is 4. The maximum atomic E-state index is 10.2. The molecule has 0 fully saturated rings. The Morgan fingerprint density at radius 3 is 2.69 bits per heavy atom. The van der Waals surface area contributed by atoms with Crippen molar-refractivity contribution in [1.29, 1.82) is 5.26 Å². The minimum Gasteiger partial charge on any atom is -0.448 e. The quantitative estimate of drug-likeness (QED) is 0.613. The number of amides is 1. The molecule has 0 aromatic carbocycles. The number of nitriles is 1. The smallest absolute Gasteiger partial charge is 0.404 e. The molecule has 0 aromatic rings. The van der Waals surface area contributed by atoms with Crippen molar-refractivity contribution in [3.8, 4) is 6.07 Å². The summed E-state index contributed by atoms with van der Waals surface area (Å²) in [5, 5.41) is 11.9. The fourth-order valence-electron chi connectivity index (χ4n) is 1.22. The highest BCUT2D eigenvalue weighted by atomic mass is 16.5. The molecule has 0 aromatic heterocycles. The van der Waals surface area contributed by atoms with Crippen molar-refractivity contribution in [3.63, 3.8) is 0 Å². The number of carbonyl (C=O) groups is 1. The zero-order valence-electron chi connectivity index (χ0n) is 10.1. The average Bonchev–Trinajstić information content (AvgIpc) is 2.21. The Balaban J connectivity index is 3.23. The maximum Gasteiger partial charge on any atom is 0.404 e. The van der Waals surface area contributed by atoms with Gasteiger partial charge in [0.05, 0.1) is 11.5 Å². The monoisotopic (exact) mass is 227 g/mol. The van der Waals surface area contributed by atoms with Crippen molar-refractivity contribution in [3.05, 3.63) is 0 Å². The van der Waals surface area contributed by atoms with Crippen LogP contribution in [0.4, 0.5) is 4.79 Å². The van der Waals surface area contributed by atoms with E-state index in [0.717, 1.165) is 25.8 Å². The number of unbranched alkanes of at least 4 members (excludes halogenated alkanes) is 1. The van der Waals surface area contributed by atoms with Gasteiger partial charge < -0.3 is 15.8 Å². The highest BCUT2D eigenvalue weighted by Crippen LogP contribution is 2.21. The summed E-state index contributed by atoms with van der Waals surface area (Å²) < 4.78 is 4.55.